The third-order valence-electron chi connectivity index (χ3n) is 3.94. The van der Waals surface area contributed by atoms with Crippen molar-refractivity contribution in [3.05, 3.63) is 23.8 Å². The van der Waals surface area contributed by atoms with Crippen LogP contribution in [-0.2, 0) is 4.74 Å². The largest absolute Gasteiger partial charge is 0.454 e. The number of nitrogens with one attached hydrogen (secondary N) is 1. The molecular formula is C16H22N2O5. The number of aliphatic hydroxyl groups is 1. The van der Waals surface area contributed by atoms with Crippen molar-refractivity contribution in [2.75, 3.05) is 46.2 Å². The molecule has 1 saturated heterocycles. The van der Waals surface area contributed by atoms with Crippen molar-refractivity contribution in [2.24, 2.45) is 0 Å². The van der Waals surface area contributed by atoms with Crippen molar-refractivity contribution in [1.82, 2.24) is 10.2 Å². The lowest BCUT2D eigenvalue weighted by molar-refractivity contribution is -0.0213. The molecular weight excluding hydrogens is 300 g/mol. The summed E-state index contributed by atoms with van der Waals surface area (Å²) in [6, 6.07) is 5.18. The molecule has 0 bridgehead atoms. The zero-order chi connectivity index (χ0) is 16.3. The van der Waals surface area contributed by atoms with Crippen LogP contribution in [0.15, 0.2) is 18.2 Å². The number of carbonyl (C=O) groups excluding carboxylic acids is 1. The van der Waals surface area contributed by atoms with Crippen molar-refractivity contribution in [1.29, 1.82) is 0 Å². The number of ether oxygens (including phenoxy) is 3. The van der Waals surface area contributed by atoms with E-state index in [1.807, 2.05) is 0 Å². The summed E-state index contributed by atoms with van der Waals surface area (Å²) in [6.45, 7) is 5.43. The van der Waals surface area contributed by atoms with Gasteiger partial charge in [-0.15, -0.1) is 0 Å². The lowest BCUT2D eigenvalue weighted by atomic mass is 10.1. The summed E-state index contributed by atoms with van der Waals surface area (Å²) in [4.78, 5) is 14.5. The van der Waals surface area contributed by atoms with Crippen LogP contribution in [0.3, 0.4) is 0 Å². The molecule has 23 heavy (non-hydrogen) atoms. The highest BCUT2D eigenvalue weighted by atomic mass is 16.7. The van der Waals surface area contributed by atoms with Gasteiger partial charge in [-0.3, -0.25) is 9.69 Å². The summed E-state index contributed by atoms with van der Waals surface area (Å²) in [5.74, 6) is 0.741. The Labute approximate surface area is 135 Å². The molecule has 1 amide bonds. The Kier molecular flexibility index (Phi) is 4.70. The van der Waals surface area contributed by atoms with Gasteiger partial charge in [-0.05, 0) is 19.1 Å². The van der Waals surface area contributed by atoms with E-state index >= 15 is 0 Å². The van der Waals surface area contributed by atoms with Crippen LogP contribution in [0, 0.1) is 0 Å². The molecule has 3 rings (SSSR count). The van der Waals surface area contributed by atoms with Gasteiger partial charge in [0.15, 0.2) is 11.5 Å². The van der Waals surface area contributed by atoms with E-state index in [0.29, 0.717) is 36.8 Å². The SMILES string of the molecule is CC(O)(CNC(=O)c1cccc2c1OCO2)CN1CCOCC1. The minimum atomic E-state index is -1.01. The fourth-order valence-electron chi connectivity index (χ4n) is 2.77. The average molecular weight is 322 g/mol. The summed E-state index contributed by atoms with van der Waals surface area (Å²) >= 11 is 0. The second-order valence-corrected chi connectivity index (χ2v) is 6.11. The van der Waals surface area contributed by atoms with Crippen molar-refractivity contribution in [2.45, 2.75) is 12.5 Å². The second kappa shape index (κ2) is 6.74. The molecule has 126 valence electrons. The molecule has 2 heterocycles. The van der Waals surface area contributed by atoms with E-state index in [-0.39, 0.29) is 19.2 Å². The van der Waals surface area contributed by atoms with Gasteiger partial charge in [-0.25, -0.2) is 0 Å². The third-order valence-corrected chi connectivity index (χ3v) is 3.94. The summed E-state index contributed by atoms with van der Waals surface area (Å²) in [7, 11) is 0. The number of morpholine rings is 1. The van der Waals surface area contributed by atoms with Gasteiger partial charge in [0.1, 0.15) is 0 Å². The van der Waals surface area contributed by atoms with Gasteiger partial charge in [0.25, 0.3) is 5.91 Å². The first-order valence-electron chi connectivity index (χ1n) is 7.74. The van der Waals surface area contributed by atoms with Gasteiger partial charge in [0.2, 0.25) is 6.79 Å². The van der Waals surface area contributed by atoms with Crippen molar-refractivity contribution >= 4 is 5.91 Å². The molecule has 2 N–H and O–H groups in total. The Morgan fingerprint density at radius 3 is 2.91 bits per heavy atom. The molecule has 1 atom stereocenters. The Morgan fingerprint density at radius 2 is 2.13 bits per heavy atom. The quantitative estimate of drug-likeness (QED) is 0.808. The van der Waals surface area contributed by atoms with Crippen molar-refractivity contribution in [3.8, 4) is 11.5 Å². The third kappa shape index (κ3) is 3.93. The van der Waals surface area contributed by atoms with Crippen LogP contribution < -0.4 is 14.8 Å². The Hall–Kier alpha value is -1.83. The van der Waals surface area contributed by atoms with Crippen LogP contribution in [0.4, 0.5) is 0 Å². The van der Waals surface area contributed by atoms with E-state index in [9.17, 15) is 9.90 Å². The van der Waals surface area contributed by atoms with Gasteiger partial charge >= 0.3 is 0 Å². The van der Waals surface area contributed by atoms with Crippen molar-refractivity contribution in [3.63, 3.8) is 0 Å². The van der Waals surface area contributed by atoms with Crippen LogP contribution in [0.25, 0.3) is 0 Å². The van der Waals surface area contributed by atoms with E-state index in [1.54, 1.807) is 25.1 Å². The Bertz CT molecular complexity index is 570. The Balaban J connectivity index is 1.57. The van der Waals surface area contributed by atoms with Gasteiger partial charge in [0.05, 0.1) is 24.4 Å². The zero-order valence-electron chi connectivity index (χ0n) is 13.2. The predicted octanol–water partition coefficient (Wildman–Crippen LogP) is 0.228. The summed E-state index contributed by atoms with van der Waals surface area (Å²) in [5.41, 5.74) is -0.593. The minimum absolute atomic E-state index is 0.119. The van der Waals surface area contributed by atoms with Crippen LogP contribution >= 0.6 is 0 Å². The maximum Gasteiger partial charge on any atom is 0.255 e. The highest BCUT2D eigenvalue weighted by Crippen LogP contribution is 2.35. The van der Waals surface area contributed by atoms with Gasteiger partial charge in [0, 0.05) is 26.2 Å². The Morgan fingerprint density at radius 1 is 1.35 bits per heavy atom. The van der Waals surface area contributed by atoms with E-state index in [4.69, 9.17) is 14.2 Å². The van der Waals surface area contributed by atoms with Crippen molar-refractivity contribution < 1.29 is 24.1 Å². The van der Waals surface area contributed by atoms with Crippen LogP contribution in [-0.4, -0.2) is 67.7 Å². The second-order valence-electron chi connectivity index (χ2n) is 6.11. The topological polar surface area (TPSA) is 80.3 Å². The maximum atomic E-state index is 12.4. The van der Waals surface area contributed by atoms with Gasteiger partial charge < -0.3 is 24.6 Å². The van der Waals surface area contributed by atoms with E-state index in [1.165, 1.54) is 0 Å². The molecule has 0 aromatic heterocycles. The summed E-state index contributed by atoms with van der Waals surface area (Å²) in [6.07, 6.45) is 0. The summed E-state index contributed by atoms with van der Waals surface area (Å²) in [5, 5.41) is 13.3. The lowest BCUT2D eigenvalue weighted by Crippen LogP contribution is -2.51. The van der Waals surface area contributed by atoms with Gasteiger partial charge in [-0.1, -0.05) is 6.07 Å². The molecule has 7 heteroatoms. The van der Waals surface area contributed by atoms with Crippen LogP contribution in [0.5, 0.6) is 11.5 Å². The minimum Gasteiger partial charge on any atom is -0.454 e. The number of carbonyl (C=O) groups is 1. The summed E-state index contributed by atoms with van der Waals surface area (Å²) < 4.78 is 15.9. The predicted molar refractivity (Wildman–Crippen MR) is 82.8 cm³/mol. The number of benzene rings is 1. The van der Waals surface area contributed by atoms with Gasteiger partial charge in [-0.2, -0.15) is 0 Å². The first-order chi connectivity index (χ1) is 11.1. The van der Waals surface area contributed by atoms with Crippen LogP contribution in [0.2, 0.25) is 0 Å². The molecule has 0 saturated carbocycles. The molecule has 2 aliphatic rings. The lowest BCUT2D eigenvalue weighted by Gasteiger charge is -2.33. The molecule has 0 radical (unpaired) electrons. The normalized spacial score (nSPS) is 20.1. The first kappa shape index (κ1) is 16.0. The van der Waals surface area contributed by atoms with Crippen LogP contribution in [0.1, 0.15) is 17.3 Å². The fourth-order valence-corrected chi connectivity index (χ4v) is 2.77. The number of fused-ring (bicyclic) bond motifs is 1. The number of amides is 1. The number of hydrogen-bond donors (Lipinski definition) is 2. The smallest absolute Gasteiger partial charge is 0.255 e. The van der Waals surface area contributed by atoms with E-state index in [2.05, 4.69) is 10.2 Å². The first-order valence-corrected chi connectivity index (χ1v) is 7.74. The molecule has 7 nitrogen and oxygen atoms in total. The molecule has 1 aromatic rings. The monoisotopic (exact) mass is 322 g/mol. The number of hydrogen-bond acceptors (Lipinski definition) is 6. The zero-order valence-corrected chi connectivity index (χ0v) is 13.2. The number of rotatable bonds is 5. The molecule has 1 fully saturated rings. The van der Waals surface area contributed by atoms with E-state index in [0.717, 1.165) is 13.1 Å². The average Bonchev–Trinajstić information content (AvgIpc) is 3.02. The highest BCUT2D eigenvalue weighted by molar-refractivity contribution is 5.98. The molecule has 0 aliphatic carbocycles. The number of para-hydroxylation sites is 1. The number of nitrogens with zero attached hydrogens (tertiary/aromatic N) is 1. The molecule has 1 unspecified atom stereocenters. The molecule has 1 aromatic carbocycles. The standard InChI is InChI=1S/C16H22N2O5/c1-16(20,10-18-5-7-21-8-6-18)9-17-15(19)12-3-2-4-13-14(12)23-11-22-13/h2-4,20H,5-11H2,1H3,(H,17,19). The fraction of sp³-hybridized carbons (Fsp3) is 0.562. The maximum absolute atomic E-state index is 12.4. The number of β-amino-alcohol motifs (C(OH)–C–C–N with tert-alkyl or cyclic N) is 1. The molecule has 2 aliphatic heterocycles. The highest BCUT2D eigenvalue weighted by Gasteiger charge is 2.27. The van der Waals surface area contributed by atoms with E-state index < -0.39 is 5.60 Å². The molecule has 0 spiro atoms.